The number of nitrogens with zero attached hydrogens (tertiary/aromatic N) is 3. The molecule has 1 fully saturated rings. The summed E-state index contributed by atoms with van der Waals surface area (Å²) in [6, 6.07) is 7.41. The number of hydrogen-bond donors (Lipinski definition) is 1. The van der Waals surface area contributed by atoms with E-state index in [1.807, 2.05) is 18.2 Å². The molecule has 5 nitrogen and oxygen atoms in total. The minimum atomic E-state index is 0.647. The maximum atomic E-state index is 6.06. The van der Waals surface area contributed by atoms with E-state index in [0.29, 0.717) is 5.02 Å². The zero-order valence-electron chi connectivity index (χ0n) is 12.6. The molecule has 22 heavy (non-hydrogen) atoms. The molecule has 0 amide bonds. The molecule has 0 spiro atoms. The van der Waals surface area contributed by atoms with Gasteiger partial charge in [0.05, 0.1) is 12.8 Å². The van der Waals surface area contributed by atoms with Gasteiger partial charge in [-0.15, -0.1) is 0 Å². The Labute approximate surface area is 135 Å². The highest BCUT2D eigenvalue weighted by molar-refractivity contribution is 6.31. The largest absolute Gasteiger partial charge is 0.495 e. The van der Waals surface area contributed by atoms with E-state index in [1.165, 1.54) is 19.3 Å². The first-order valence-electron chi connectivity index (χ1n) is 7.44. The number of methoxy groups -OCH3 is 1. The van der Waals surface area contributed by atoms with Crippen LogP contribution in [0.4, 0.5) is 17.3 Å². The zero-order valence-corrected chi connectivity index (χ0v) is 13.3. The Morgan fingerprint density at radius 3 is 2.73 bits per heavy atom. The van der Waals surface area contributed by atoms with E-state index >= 15 is 0 Å². The van der Waals surface area contributed by atoms with Gasteiger partial charge in [-0.3, -0.25) is 0 Å². The molecule has 1 aliphatic rings. The Morgan fingerprint density at radius 1 is 1.14 bits per heavy atom. The highest BCUT2D eigenvalue weighted by atomic mass is 35.5. The molecule has 1 aliphatic heterocycles. The zero-order chi connectivity index (χ0) is 15.4. The number of rotatable bonds is 4. The molecule has 1 aromatic carbocycles. The lowest BCUT2D eigenvalue weighted by Gasteiger charge is -2.27. The number of ether oxygens (including phenoxy) is 1. The second kappa shape index (κ2) is 6.83. The predicted molar refractivity (Wildman–Crippen MR) is 89.4 cm³/mol. The first kappa shape index (κ1) is 14.9. The van der Waals surface area contributed by atoms with Crippen LogP contribution in [0.3, 0.4) is 0 Å². The Hall–Kier alpha value is -2.01. The molecule has 0 atom stereocenters. The maximum Gasteiger partial charge on any atom is 0.142 e. The van der Waals surface area contributed by atoms with Crippen molar-refractivity contribution in [2.24, 2.45) is 0 Å². The van der Waals surface area contributed by atoms with Gasteiger partial charge in [0.25, 0.3) is 0 Å². The van der Waals surface area contributed by atoms with E-state index < -0.39 is 0 Å². The monoisotopic (exact) mass is 318 g/mol. The third-order valence-corrected chi connectivity index (χ3v) is 3.99. The normalized spacial score (nSPS) is 14.7. The van der Waals surface area contributed by atoms with Crippen LogP contribution in [0.5, 0.6) is 5.75 Å². The van der Waals surface area contributed by atoms with Gasteiger partial charge >= 0.3 is 0 Å². The lowest BCUT2D eigenvalue weighted by molar-refractivity contribution is 0.417. The van der Waals surface area contributed by atoms with E-state index in [2.05, 4.69) is 20.2 Å². The van der Waals surface area contributed by atoms with Crippen LogP contribution in [0, 0.1) is 0 Å². The average molecular weight is 319 g/mol. The van der Waals surface area contributed by atoms with Gasteiger partial charge in [0.1, 0.15) is 23.7 Å². The SMILES string of the molecule is COc1ccc(Cl)cc1Nc1cc(N2CCCCC2)ncn1. The van der Waals surface area contributed by atoms with Crippen LogP contribution in [-0.4, -0.2) is 30.2 Å². The molecule has 1 N–H and O–H groups in total. The van der Waals surface area contributed by atoms with Crippen LogP contribution in [0.15, 0.2) is 30.6 Å². The Morgan fingerprint density at radius 2 is 1.95 bits per heavy atom. The summed E-state index contributed by atoms with van der Waals surface area (Å²) in [7, 11) is 1.63. The smallest absolute Gasteiger partial charge is 0.142 e. The molecule has 0 saturated carbocycles. The van der Waals surface area contributed by atoms with Gasteiger partial charge in [0, 0.05) is 24.2 Å². The Balaban J connectivity index is 1.82. The quantitative estimate of drug-likeness (QED) is 0.927. The topological polar surface area (TPSA) is 50.3 Å². The van der Waals surface area contributed by atoms with Crippen molar-refractivity contribution < 1.29 is 4.74 Å². The van der Waals surface area contributed by atoms with Crippen LogP contribution in [0.1, 0.15) is 19.3 Å². The summed E-state index contributed by atoms with van der Waals surface area (Å²) in [6.07, 6.45) is 5.32. The lowest BCUT2D eigenvalue weighted by atomic mass is 10.1. The van der Waals surface area contributed by atoms with Crippen molar-refractivity contribution in [2.45, 2.75) is 19.3 Å². The van der Waals surface area contributed by atoms with Crippen LogP contribution in [0.25, 0.3) is 0 Å². The molecule has 1 aromatic heterocycles. The third-order valence-electron chi connectivity index (χ3n) is 3.76. The van der Waals surface area contributed by atoms with E-state index in [9.17, 15) is 0 Å². The lowest BCUT2D eigenvalue weighted by Crippen LogP contribution is -2.30. The summed E-state index contributed by atoms with van der Waals surface area (Å²) in [4.78, 5) is 11.0. The molecule has 1 saturated heterocycles. The molecule has 6 heteroatoms. The van der Waals surface area contributed by atoms with Crippen molar-refractivity contribution in [3.63, 3.8) is 0 Å². The predicted octanol–water partition coefficient (Wildman–Crippen LogP) is 3.87. The van der Waals surface area contributed by atoms with Gasteiger partial charge in [-0.05, 0) is 37.5 Å². The number of nitrogens with one attached hydrogen (secondary N) is 1. The molecular weight excluding hydrogens is 300 g/mol. The fourth-order valence-corrected chi connectivity index (χ4v) is 2.80. The second-order valence-corrected chi connectivity index (χ2v) is 5.72. The van der Waals surface area contributed by atoms with Crippen LogP contribution in [0.2, 0.25) is 5.02 Å². The molecule has 0 radical (unpaired) electrons. The third kappa shape index (κ3) is 3.42. The van der Waals surface area contributed by atoms with Crippen LogP contribution in [-0.2, 0) is 0 Å². The van der Waals surface area contributed by atoms with Gasteiger partial charge < -0.3 is 15.0 Å². The van der Waals surface area contributed by atoms with Crippen molar-refractivity contribution in [3.05, 3.63) is 35.6 Å². The Kier molecular flexibility index (Phi) is 4.63. The highest BCUT2D eigenvalue weighted by Crippen LogP contribution is 2.30. The summed E-state index contributed by atoms with van der Waals surface area (Å²) in [5.74, 6) is 2.41. The fraction of sp³-hybridized carbons (Fsp3) is 0.375. The number of anilines is 3. The average Bonchev–Trinajstić information content (AvgIpc) is 2.56. The first-order valence-corrected chi connectivity index (χ1v) is 7.81. The minimum Gasteiger partial charge on any atom is -0.495 e. The number of piperidine rings is 1. The fourth-order valence-electron chi connectivity index (χ4n) is 2.63. The summed E-state index contributed by atoms with van der Waals surface area (Å²) in [5.41, 5.74) is 0.790. The van der Waals surface area contributed by atoms with Crippen molar-refractivity contribution in [2.75, 3.05) is 30.4 Å². The van der Waals surface area contributed by atoms with E-state index in [4.69, 9.17) is 16.3 Å². The number of aromatic nitrogens is 2. The minimum absolute atomic E-state index is 0.647. The second-order valence-electron chi connectivity index (χ2n) is 5.28. The van der Waals surface area contributed by atoms with E-state index in [1.54, 1.807) is 19.5 Å². The van der Waals surface area contributed by atoms with Gasteiger partial charge in [-0.2, -0.15) is 0 Å². The van der Waals surface area contributed by atoms with Crippen LogP contribution >= 0.6 is 11.6 Å². The maximum absolute atomic E-state index is 6.06. The van der Waals surface area contributed by atoms with Gasteiger partial charge in [-0.25, -0.2) is 9.97 Å². The molecule has 0 unspecified atom stereocenters. The van der Waals surface area contributed by atoms with Gasteiger partial charge in [-0.1, -0.05) is 11.6 Å². The number of hydrogen-bond acceptors (Lipinski definition) is 5. The highest BCUT2D eigenvalue weighted by Gasteiger charge is 2.13. The summed E-state index contributed by atoms with van der Waals surface area (Å²) >= 11 is 6.06. The molecule has 2 heterocycles. The van der Waals surface area contributed by atoms with Crippen LogP contribution < -0.4 is 15.0 Å². The molecule has 116 valence electrons. The van der Waals surface area contributed by atoms with Gasteiger partial charge in [0.15, 0.2) is 0 Å². The van der Waals surface area contributed by atoms with Crippen molar-refractivity contribution in [1.82, 2.24) is 9.97 Å². The molecular formula is C16H19ClN4O. The molecule has 3 rings (SSSR count). The van der Waals surface area contributed by atoms with Gasteiger partial charge in [0.2, 0.25) is 0 Å². The summed E-state index contributed by atoms with van der Waals surface area (Å²) in [6.45, 7) is 2.11. The molecule has 2 aromatic rings. The van der Waals surface area contributed by atoms with Crippen molar-refractivity contribution in [3.8, 4) is 5.75 Å². The Bertz CT molecular complexity index is 644. The number of halogens is 1. The van der Waals surface area contributed by atoms with Crippen molar-refractivity contribution in [1.29, 1.82) is 0 Å². The summed E-state index contributed by atoms with van der Waals surface area (Å²) < 4.78 is 5.34. The molecule has 0 bridgehead atoms. The standard InChI is InChI=1S/C16H19ClN4O/c1-22-14-6-5-12(17)9-13(14)20-15-10-16(19-11-18-15)21-7-3-2-4-8-21/h5-6,9-11H,2-4,7-8H2,1H3,(H,18,19,20). The number of benzene rings is 1. The first-order chi connectivity index (χ1) is 10.8. The van der Waals surface area contributed by atoms with Crippen molar-refractivity contribution >= 4 is 28.9 Å². The summed E-state index contributed by atoms with van der Waals surface area (Å²) in [5, 5.41) is 3.90. The molecule has 0 aliphatic carbocycles. The van der Waals surface area contributed by atoms with E-state index in [-0.39, 0.29) is 0 Å². The van der Waals surface area contributed by atoms with E-state index in [0.717, 1.165) is 36.2 Å².